The number of hydrogen-bond donors (Lipinski definition) is 3. The van der Waals surface area contributed by atoms with Gasteiger partial charge in [-0.1, -0.05) is 0 Å². The predicted octanol–water partition coefficient (Wildman–Crippen LogP) is 0.395. The lowest BCUT2D eigenvalue weighted by atomic mass is 9.83. The molecule has 3 heterocycles. The van der Waals surface area contributed by atoms with E-state index in [1.54, 1.807) is 11.1 Å². The monoisotopic (exact) mass is 307 g/mol. The molecule has 3 aliphatic heterocycles. The number of phenols is 1. The first-order chi connectivity index (χ1) is 10.5. The number of nitrogens with zero attached hydrogens (tertiary/aromatic N) is 1. The molecule has 3 aliphatic rings. The predicted molar refractivity (Wildman–Crippen MR) is 77.1 cm³/mol. The Morgan fingerprint density at radius 1 is 1.45 bits per heavy atom. The van der Waals surface area contributed by atoms with E-state index in [1.165, 1.54) is 14.2 Å². The van der Waals surface area contributed by atoms with Crippen molar-refractivity contribution in [1.82, 2.24) is 5.32 Å². The molecule has 0 aromatic heterocycles. The third-order valence-corrected chi connectivity index (χ3v) is 4.73. The highest BCUT2D eigenvalue weighted by molar-refractivity contribution is 5.65. The lowest BCUT2D eigenvalue weighted by Crippen LogP contribution is -2.58. The maximum atomic E-state index is 10.8. The van der Waals surface area contributed by atoms with Crippen molar-refractivity contribution in [3.63, 3.8) is 0 Å². The van der Waals surface area contributed by atoms with Crippen molar-refractivity contribution in [2.45, 2.75) is 30.1 Å². The van der Waals surface area contributed by atoms with Gasteiger partial charge in [-0.2, -0.15) is 0 Å². The molecule has 2 fully saturated rings. The SMILES string of the molecule is [CH2]C1c2c(O)cc(C(OC)OC)cc2N2CC3NC3C1(O)O2. The van der Waals surface area contributed by atoms with Crippen LogP contribution in [0, 0.1) is 6.92 Å². The molecule has 22 heavy (non-hydrogen) atoms. The summed E-state index contributed by atoms with van der Waals surface area (Å²) in [5.41, 5.74) is 1.94. The molecular formula is C15H19N2O5. The van der Waals surface area contributed by atoms with E-state index >= 15 is 0 Å². The molecule has 2 saturated heterocycles. The number of rotatable bonds is 3. The summed E-state index contributed by atoms with van der Waals surface area (Å²) >= 11 is 0. The molecule has 3 N–H and O–H groups in total. The van der Waals surface area contributed by atoms with Crippen molar-refractivity contribution in [1.29, 1.82) is 0 Å². The third-order valence-electron chi connectivity index (χ3n) is 4.73. The quantitative estimate of drug-likeness (QED) is 0.549. The van der Waals surface area contributed by atoms with E-state index in [0.717, 1.165) is 0 Å². The van der Waals surface area contributed by atoms with Gasteiger partial charge in [-0.25, -0.2) is 9.90 Å². The summed E-state index contributed by atoms with van der Waals surface area (Å²) in [6.07, 6.45) is -0.586. The molecule has 2 bridgehead atoms. The number of benzene rings is 1. The van der Waals surface area contributed by atoms with Crippen molar-refractivity contribution in [3.8, 4) is 5.75 Å². The minimum Gasteiger partial charge on any atom is -0.508 e. The number of fused-ring (bicyclic) bond motifs is 6. The largest absolute Gasteiger partial charge is 0.508 e. The van der Waals surface area contributed by atoms with E-state index in [2.05, 4.69) is 12.2 Å². The summed E-state index contributed by atoms with van der Waals surface area (Å²) in [5, 5.41) is 26.0. The Balaban J connectivity index is 1.84. The standard InChI is InChI=1S/C15H19N2O5/c1-7-12-10(4-8(5-11(12)18)14(20-2)21-3)17-6-9-13(16-9)15(7,19)22-17/h4-5,7,9,13-14,16,18-19H,1,6H2,2-3H3. The molecule has 7 heteroatoms. The van der Waals surface area contributed by atoms with Gasteiger partial charge in [0.1, 0.15) is 5.75 Å². The Labute approximate surface area is 128 Å². The molecule has 1 aromatic carbocycles. The number of ether oxygens (including phenoxy) is 2. The lowest BCUT2D eigenvalue weighted by Gasteiger charge is -2.47. The molecule has 4 rings (SSSR count). The Morgan fingerprint density at radius 3 is 2.86 bits per heavy atom. The topological polar surface area (TPSA) is 93.3 Å². The molecule has 0 saturated carbocycles. The number of aromatic hydroxyl groups is 1. The van der Waals surface area contributed by atoms with Gasteiger partial charge < -0.3 is 25.0 Å². The summed E-state index contributed by atoms with van der Waals surface area (Å²) in [7, 11) is 3.06. The van der Waals surface area contributed by atoms with Crippen molar-refractivity contribution in [3.05, 3.63) is 30.2 Å². The number of nitrogens with one attached hydrogen (secondary N) is 1. The molecule has 1 radical (unpaired) electrons. The highest BCUT2D eigenvalue weighted by Gasteiger charge is 2.64. The summed E-state index contributed by atoms with van der Waals surface area (Å²) < 4.78 is 10.5. The lowest BCUT2D eigenvalue weighted by molar-refractivity contribution is -0.236. The van der Waals surface area contributed by atoms with Gasteiger partial charge in [0, 0.05) is 37.3 Å². The highest BCUT2D eigenvalue weighted by Crippen LogP contribution is 2.53. The third kappa shape index (κ3) is 1.74. The first-order valence-electron chi connectivity index (χ1n) is 7.20. The fraction of sp³-hybridized carbons (Fsp3) is 0.533. The van der Waals surface area contributed by atoms with E-state index < -0.39 is 18.0 Å². The first kappa shape index (κ1) is 14.2. The fourth-order valence-electron chi connectivity index (χ4n) is 3.54. The van der Waals surface area contributed by atoms with E-state index in [9.17, 15) is 10.2 Å². The van der Waals surface area contributed by atoms with Crippen LogP contribution in [0.4, 0.5) is 5.69 Å². The Kier molecular flexibility index (Phi) is 2.95. The van der Waals surface area contributed by atoms with Crippen LogP contribution >= 0.6 is 0 Å². The van der Waals surface area contributed by atoms with Crippen LogP contribution in [0.25, 0.3) is 0 Å². The zero-order valence-electron chi connectivity index (χ0n) is 12.4. The number of phenolic OH excluding ortho intramolecular Hbond substituents is 1. The van der Waals surface area contributed by atoms with Crippen LogP contribution in [0.15, 0.2) is 12.1 Å². The van der Waals surface area contributed by atoms with E-state index in [1.807, 2.05) is 6.07 Å². The second kappa shape index (κ2) is 4.56. The zero-order chi connectivity index (χ0) is 15.6. The fourth-order valence-corrected chi connectivity index (χ4v) is 3.54. The average molecular weight is 307 g/mol. The van der Waals surface area contributed by atoms with Gasteiger partial charge in [-0.3, -0.25) is 0 Å². The van der Waals surface area contributed by atoms with Gasteiger partial charge in [0.05, 0.1) is 18.3 Å². The number of hydroxylamine groups is 1. The number of aliphatic hydroxyl groups is 1. The number of methoxy groups -OCH3 is 2. The molecule has 0 amide bonds. The Hall–Kier alpha value is -1.38. The summed E-state index contributed by atoms with van der Waals surface area (Å²) in [6.45, 7) is 4.62. The van der Waals surface area contributed by atoms with Crippen LogP contribution < -0.4 is 10.4 Å². The molecular weight excluding hydrogens is 288 g/mol. The highest BCUT2D eigenvalue weighted by atomic mass is 16.8. The van der Waals surface area contributed by atoms with Crippen molar-refractivity contribution >= 4 is 5.69 Å². The molecule has 1 aromatic rings. The second-order valence-electron chi connectivity index (χ2n) is 5.98. The van der Waals surface area contributed by atoms with Crippen LogP contribution in [0.2, 0.25) is 0 Å². The maximum Gasteiger partial charge on any atom is 0.215 e. The zero-order valence-corrected chi connectivity index (χ0v) is 12.4. The second-order valence-corrected chi connectivity index (χ2v) is 5.98. The van der Waals surface area contributed by atoms with Crippen LogP contribution in [0.3, 0.4) is 0 Å². The minimum absolute atomic E-state index is 0.0532. The average Bonchev–Trinajstić information content (AvgIpc) is 3.26. The molecule has 7 nitrogen and oxygen atoms in total. The summed E-state index contributed by atoms with van der Waals surface area (Å²) in [6, 6.07) is 3.44. The van der Waals surface area contributed by atoms with Gasteiger partial charge >= 0.3 is 0 Å². The number of hydrogen-bond acceptors (Lipinski definition) is 7. The van der Waals surface area contributed by atoms with Gasteiger partial charge in [-0.15, -0.1) is 0 Å². The summed E-state index contributed by atoms with van der Waals surface area (Å²) in [5.74, 6) is -1.98. The van der Waals surface area contributed by atoms with Gasteiger partial charge in [0.25, 0.3) is 0 Å². The molecule has 119 valence electrons. The normalized spacial score (nSPS) is 35.3. The van der Waals surface area contributed by atoms with Crippen molar-refractivity contribution < 1.29 is 24.5 Å². The molecule has 4 atom stereocenters. The van der Waals surface area contributed by atoms with Crippen LogP contribution in [0.5, 0.6) is 5.75 Å². The first-order valence-corrected chi connectivity index (χ1v) is 7.20. The van der Waals surface area contributed by atoms with Crippen molar-refractivity contribution in [2.24, 2.45) is 0 Å². The molecule has 0 aliphatic carbocycles. The Bertz CT molecular complexity index is 620. The van der Waals surface area contributed by atoms with Crippen LogP contribution in [-0.4, -0.2) is 48.8 Å². The van der Waals surface area contributed by atoms with Crippen LogP contribution in [0.1, 0.15) is 23.3 Å². The maximum absolute atomic E-state index is 10.8. The molecule has 0 spiro atoms. The van der Waals surface area contributed by atoms with E-state index in [-0.39, 0.29) is 17.8 Å². The van der Waals surface area contributed by atoms with Gasteiger partial charge in [-0.05, 0) is 19.1 Å². The smallest absolute Gasteiger partial charge is 0.215 e. The van der Waals surface area contributed by atoms with Crippen molar-refractivity contribution in [2.75, 3.05) is 25.8 Å². The van der Waals surface area contributed by atoms with Gasteiger partial charge in [0.2, 0.25) is 5.79 Å². The Morgan fingerprint density at radius 2 is 2.18 bits per heavy atom. The molecule has 4 unspecified atom stereocenters. The summed E-state index contributed by atoms with van der Waals surface area (Å²) in [4.78, 5) is 5.73. The van der Waals surface area contributed by atoms with E-state index in [0.29, 0.717) is 23.4 Å². The van der Waals surface area contributed by atoms with Gasteiger partial charge in [0.15, 0.2) is 6.29 Å². The van der Waals surface area contributed by atoms with Crippen LogP contribution in [-0.2, 0) is 14.3 Å². The number of anilines is 1. The minimum atomic E-state index is -1.43. The van der Waals surface area contributed by atoms with E-state index in [4.69, 9.17) is 14.3 Å².